The average molecular weight is 289 g/mol. The predicted octanol–water partition coefficient (Wildman–Crippen LogP) is 2.40. The van der Waals surface area contributed by atoms with Gasteiger partial charge in [0.2, 0.25) is 5.91 Å². The summed E-state index contributed by atoms with van der Waals surface area (Å²) in [6, 6.07) is 3.00. The quantitative estimate of drug-likeness (QED) is 0.788. The highest BCUT2D eigenvalue weighted by Crippen LogP contribution is 2.47. The Hall–Kier alpha value is -2.04. The van der Waals surface area contributed by atoms with Crippen LogP contribution in [0.15, 0.2) is 22.6 Å². The lowest BCUT2D eigenvalue weighted by Crippen LogP contribution is -2.41. The molecular formula is C16H19NO4. The van der Waals surface area contributed by atoms with Crippen molar-refractivity contribution in [2.75, 3.05) is 0 Å². The molecule has 2 N–H and O–H groups in total. The van der Waals surface area contributed by atoms with Crippen molar-refractivity contribution in [3.8, 4) is 0 Å². The molecule has 0 aromatic carbocycles. The molecule has 1 amide bonds. The zero-order valence-electron chi connectivity index (χ0n) is 11.9. The first-order valence-electron chi connectivity index (χ1n) is 7.35. The fourth-order valence-electron chi connectivity index (χ4n) is 2.55. The maximum Gasteiger partial charge on any atom is 0.326 e. The molecule has 0 saturated heterocycles. The highest BCUT2D eigenvalue weighted by molar-refractivity contribution is 5.94. The lowest BCUT2D eigenvalue weighted by Gasteiger charge is -2.11. The van der Waals surface area contributed by atoms with Crippen molar-refractivity contribution in [1.82, 2.24) is 5.32 Å². The Bertz CT molecular complexity index is 585. The van der Waals surface area contributed by atoms with Crippen LogP contribution in [0.2, 0.25) is 0 Å². The highest BCUT2D eigenvalue weighted by atomic mass is 16.4. The molecule has 3 unspecified atom stereocenters. The Morgan fingerprint density at radius 1 is 1.43 bits per heavy atom. The summed E-state index contributed by atoms with van der Waals surface area (Å²) in [6.07, 6.45) is 5.79. The maximum absolute atomic E-state index is 11.8. The van der Waals surface area contributed by atoms with Gasteiger partial charge in [0.25, 0.3) is 0 Å². The van der Waals surface area contributed by atoms with E-state index in [1.165, 1.54) is 6.08 Å². The molecule has 1 aromatic heterocycles. The smallest absolute Gasteiger partial charge is 0.326 e. The van der Waals surface area contributed by atoms with E-state index in [0.717, 1.165) is 25.0 Å². The van der Waals surface area contributed by atoms with E-state index in [4.69, 9.17) is 9.52 Å². The minimum atomic E-state index is -0.970. The van der Waals surface area contributed by atoms with Gasteiger partial charge in [-0.1, -0.05) is 6.92 Å². The number of carboxylic acid groups (broad SMARTS) is 1. The molecule has 5 heteroatoms. The number of hydrogen-bond acceptors (Lipinski definition) is 3. The first-order valence-corrected chi connectivity index (χ1v) is 7.35. The third-order valence-corrected chi connectivity index (χ3v) is 4.18. The zero-order chi connectivity index (χ0) is 15.0. The van der Waals surface area contributed by atoms with Crippen LogP contribution in [0.3, 0.4) is 0 Å². The Balaban J connectivity index is 1.56. The SMILES string of the molecule is CC1CC1c1ccc(C=CC(=O)NC(C(=O)O)C2CC2)o1. The van der Waals surface area contributed by atoms with Crippen molar-refractivity contribution in [3.63, 3.8) is 0 Å². The second-order valence-electron chi connectivity index (χ2n) is 6.05. The summed E-state index contributed by atoms with van der Waals surface area (Å²) in [5, 5.41) is 11.6. The van der Waals surface area contributed by atoms with E-state index < -0.39 is 17.9 Å². The molecule has 2 fully saturated rings. The van der Waals surface area contributed by atoms with E-state index in [-0.39, 0.29) is 5.92 Å². The van der Waals surface area contributed by atoms with Crippen LogP contribution in [0.5, 0.6) is 0 Å². The van der Waals surface area contributed by atoms with Crippen molar-refractivity contribution >= 4 is 18.0 Å². The van der Waals surface area contributed by atoms with Gasteiger partial charge in [0.15, 0.2) is 0 Å². The number of rotatable bonds is 6. The minimum absolute atomic E-state index is 0.0754. The third-order valence-electron chi connectivity index (χ3n) is 4.18. The lowest BCUT2D eigenvalue weighted by atomic mass is 10.2. The second-order valence-corrected chi connectivity index (χ2v) is 6.05. The van der Waals surface area contributed by atoms with Crippen LogP contribution < -0.4 is 5.32 Å². The van der Waals surface area contributed by atoms with E-state index in [2.05, 4.69) is 12.2 Å². The Morgan fingerprint density at radius 3 is 2.71 bits per heavy atom. The van der Waals surface area contributed by atoms with Crippen molar-refractivity contribution in [3.05, 3.63) is 29.7 Å². The van der Waals surface area contributed by atoms with Crippen LogP contribution in [-0.4, -0.2) is 23.0 Å². The summed E-state index contributed by atoms with van der Waals surface area (Å²) in [7, 11) is 0. The zero-order valence-corrected chi connectivity index (χ0v) is 11.9. The molecular weight excluding hydrogens is 270 g/mol. The van der Waals surface area contributed by atoms with E-state index in [1.54, 1.807) is 6.08 Å². The third kappa shape index (κ3) is 3.35. The molecule has 0 bridgehead atoms. The molecule has 21 heavy (non-hydrogen) atoms. The summed E-state index contributed by atoms with van der Waals surface area (Å²) in [5.74, 6) is 1.47. The number of amides is 1. The summed E-state index contributed by atoms with van der Waals surface area (Å²) in [4.78, 5) is 22.8. The molecule has 2 aliphatic carbocycles. The standard InChI is InChI=1S/C16H19NO4/c1-9-8-12(9)13-6-4-11(21-13)5-7-14(18)17-15(16(19)20)10-2-3-10/h4-7,9-10,12,15H,2-3,8H2,1H3,(H,17,18)(H,19,20). The number of carbonyl (C=O) groups excluding carboxylic acids is 1. The van der Waals surface area contributed by atoms with Gasteiger partial charge in [-0.05, 0) is 49.3 Å². The van der Waals surface area contributed by atoms with E-state index in [0.29, 0.717) is 17.6 Å². The molecule has 1 aromatic rings. The van der Waals surface area contributed by atoms with Gasteiger partial charge in [0.05, 0.1) is 0 Å². The fourth-order valence-corrected chi connectivity index (χ4v) is 2.55. The molecule has 112 valence electrons. The van der Waals surface area contributed by atoms with Gasteiger partial charge < -0.3 is 14.8 Å². The molecule has 2 aliphatic rings. The number of carbonyl (C=O) groups is 2. The molecule has 2 saturated carbocycles. The number of hydrogen-bond donors (Lipinski definition) is 2. The predicted molar refractivity (Wildman–Crippen MR) is 76.6 cm³/mol. The van der Waals surface area contributed by atoms with Gasteiger partial charge in [-0.3, -0.25) is 4.79 Å². The molecule has 3 atom stereocenters. The minimum Gasteiger partial charge on any atom is -0.480 e. The summed E-state index contributed by atoms with van der Waals surface area (Å²) in [6.45, 7) is 2.18. The Morgan fingerprint density at radius 2 is 2.14 bits per heavy atom. The highest BCUT2D eigenvalue weighted by Gasteiger charge is 2.37. The first kappa shape index (κ1) is 13.9. The van der Waals surface area contributed by atoms with Gasteiger partial charge in [-0.25, -0.2) is 4.79 Å². The fraction of sp³-hybridized carbons (Fsp3) is 0.500. The maximum atomic E-state index is 11.8. The average Bonchev–Trinajstić information content (AvgIpc) is 3.35. The van der Waals surface area contributed by atoms with Gasteiger partial charge in [0, 0.05) is 12.0 Å². The van der Waals surface area contributed by atoms with E-state index in [1.807, 2.05) is 12.1 Å². The number of carboxylic acids is 1. The van der Waals surface area contributed by atoms with Crippen LogP contribution in [0.1, 0.15) is 43.6 Å². The summed E-state index contributed by atoms with van der Waals surface area (Å²) >= 11 is 0. The number of aliphatic carboxylic acids is 1. The van der Waals surface area contributed by atoms with Gasteiger partial charge in [0.1, 0.15) is 17.6 Å². The molecule has 0 spiro atoms. The lowest BCUT2D eigenvalue weighted by molar-refractivity contribution is -0.141. The van der Waals surface area contributed by atoms with Gasteiger partial charge in [-0.15, -0.1) is 0 Å². The molecule has 1 heterocycles. The van der Waals surface area contributed by atoms with Crippen LogP contribution in [0.4, 0.5) is 0 Å². The topological polar surface area (TPSA) is 79.5 Å². The van der Waals surface area contributed by atoms with Crippen molar-refractivity contribution in [2.45, 2.75) is 38.1 Å². The number of furan rings is 1. The van der Waals surface area contributed by atoms with Gasteiger partial charge in [-0.2, -0.15) is 0 Å². The van der Waals surface area contributed by atoms with Crippen molar-refractivity contribution < 1.29 is 19.1 Å². The monoisotopic (exact) mass is 289 g/mol. The molecule has 0 radical (unpaired) electrons. The molecule has 3 rings (SSSR count). The largest absolute Gasteiger partial charge is 0.480 e. The van der Waals surface area contributed by atoms with Crippen molar-refractivity contribution in [1.29, 1.82) is 0 Å². The molecule has 0 aliphatic heterocycles. The first-order chi connectivity index (χ1) is 10.0. The van der Waals surface area contributed by atoms with Crippen LogP contribution in [0, 0.1) is 11.8 Å². The van der Waals surface area contributed by atoms with E-state index >= 15 is 0 Å². The normalized spacial score (nSPS) is 25.8. The molecule has 5 nitrogen and oxygen atoms in total. The van der Waals surface area contributed by atoms with Crippen molar-refractivity contribution in [2.24, 2.45) is 11.8 Å². The van der Waals surface area contributed by atoms with Gasteiger partial charge >= 0.3 is 5.97 Å². The summed E-state index contributed by atoms with van der Waals surface area (Å²) in [5.41, 5.74) is 0. The van der Waals surface area contributed by atoms with Crippen LogP contribution in [-0.2, 0) is 9.59 Å². The van der Waals surface area contributed by atoms with E-state index in [9.17, 15) is 9.59 Å². The Kier molecular flexibility index (Phi) is 3.57. The summed E-state index contributed by atoms with van der Waals surface area (Å²) < 4.78 is 5.66. The van der Waals surface area contributed by atoms with Crippen LogP contribution in [0.25, 0.3) is 6.08 Å². The second kappa shape index (κ2) is 5.39. The Labute approximate surface area is 123 Å². The van der Waals surface area contributed by atoms with Crippen LogP contribution >= 0.6 is 0 Å². The number of nitrogens with one attached hydrogen (secondary N) is 1.